The van der Waals surface area contributed by atoms with E-state index in [9.17, 15) is 0 Å². The maximum Gasteiger partial charge on any atom is 0.0774 e. The smallest absolute Gasteiger partial charge is 0.0774 e. The van der Waals surface area contributed by atoms with Crippen molar-refractivity contribution in [2.45, 2.75) is 26.2 Å². The van der Waals surface area contributed by atoms with Gasteiger partial charge in [0.25, 0.3) is 0 Å². The van der Waals surface area contributed by atoms with Crippen molar-refractivity contribution < 1.29 is 0 Å². The van der Waals surface area contributed by atoms with Gasteiger partial charge >= 0.3 is 0 Å². The minimum Gasteiger partial charge on any atom is -0.194 e. The maximum atomic E-state index is 4.60. The number of nitrogens with zero attached hydrogens (tertiary/aromatic N) is 1. The van der Waals surface area contributed by atoms with E-state index in [1.54, 1.807) is 0 Å². The number of isothiocyanates is 1. The first-order valence-electron chi connectivity index (χ1n) is 4.46. The van der Waals surface area contributed by atoms with Crippen molar-refractivity contribution in [3.63, 3.8) is 0 Å². The molecule has 1 nitrogen and oxygen atoms in total. The summed E-state index contributed by atoms with van der Waals surface area (Å²) in [5.74, 6) is 0.531. The maximum absolute atomic E-state index is 4.60. The monoisotopic (exact) mass is 191 g/mol. The summed E-state index contributed by atoms with van der Waals surface area (Å²) in [6.07, 6.45) is 1.12. The van der Waals surface area contributed by atoms with Gasteiger partial charge in [0.05, 0.1) is 10.8 Å². The van der Waals surface area contributed by atoms with Crippen LogP contribution >= 0.6 is 12.2 Å². The fourth-order valence-electron chi connectivity index (χ4n) is 1.28. The zero-order valence-corrected chi connectivity index (χ0v) is 8.77. The molecule has 13 heavy (non-hydrogen) atoms. The molecular weight excluding hydrogens is 178 g/mol. The van der Waals surface area contributed by atoms with Crippen LogP contribution in [0.5, 0.6) is 0 Å². The summed E-state index contributed by atoms with van der Waals surface area (Å²) in [5.41, 5.74) is 2.20. The zero-order valence-electron chi connectivity index (χ0n) is 7.95. The standard InChI is InChI=1S/C11H13NS/c1-3-9(2)10-6-4-5-7-11(10)12-8-13/h4-7,9H,3H2,1-2H3/t9-/m0/s1. The average Bonchev–Trinajstić information content (AvgIpc) is 2.18. The molecule has 0 unspecified atom stereocenters. The van der Waals surface area contributed by atoms with Gasteiger partial charge < -0.3 is 0 Å². The van der Waals surface area contributed by atoms with Crippen LogP contribution in [0.4, 0.5) is 5.69 Å². The van der Waals surface area contributed by atoms with Gasteiger partial charge in [0.2, 0.25) is 0 Å². The van der Waals surface area contributed by atoms with Crippen molar-refractivity contribution in [1.29, 1.82) is 0 Å². The van der Waals surface area contributed by atoms with Crippen LogP contribution in [0, 0.1) is 0 Å². The number of para-hydroxylation sites is 1. The summed E-state index contributed by atoms with van der Waals surface area (Å²) in [6.45, 7) is 4.36. The van der Waals surface area contributed by atoms with E-state index in [0.29, 0.717) is 5.92 Å². The van der Waals surface area contributed by atoms with Gasteiger partial charge in [-0.2, -0.15) is 4.99 Å². The lowest BCUT2D eigenvalue weighted by Gasteiger charge is -2.10. The Kier molecular flexibility index (Phi) is 3.81. The molecule has 0 N–H and O–H groups in total. The molecule has 1 atom stereocenters. The van der Waals surface area contributed by atoms with Gasteiger partial charge in [-0.15, -0.1) is 0 Å². The Morgan fingerprint density at radius 2 is 2.15 bits per heavy atom. The Balaban J connectivity index is 3.11. The summed E-state index contributed by atoms with van der Waals surface area (Å²) in [7, 11) is 0. The molecule has 1 aromatic rings. The first-order valence-corrected chi connectivity index (χ1v) is 4.87. The van der Waals surface area contributed by atoms with Crippen LogP contribution in [0.1, 0.15) is 31.7 Å². The van der Waals surface area contributed by atoms with Crippen LogP contribution in [-0.4, -0.2) is 5.16 Å². The number of aliphatic imine (C=N–C) groups is 1. The summed E-state index contributed by atoms with van der Waals surface area (Å²) < 4.78 is 0. The van der Waals surface area contributed by atoms with E-state index in [2.05, 4.69) is 42.3 Å². The summed E-state index contributed by atoms with van der Waals surface area (Å²) in [6, 6.07) is 8.07. The van der Waals surface area contributed by atoms with Crippen molar-refractivity contribution in [1.82, 2.24) is 0 Å². The van der Waals surface area contributed by atoms with Crippen LogP contribution in [0.2, 0.25) is 0 Å². The lowest BCUT2D eigenvalue weighted by molar-refractivity contribution is 0.734. The summed E-state index contributed by atoms with van der Waals surface area (Å²) >= 11 is 4.60. The molecule has 0 spiro atoms. The van der Waals surface area contributed by atoms with Gasteiger partial charge in [-0.05, 0) is 36.2 Å². The first kappa shape index (κ1) is 10.1. The van der Waals surface area contributed by atoms with Crippen LogP contribution < -0.4 is 0 Å². The van der Waals surface area contributed by atoms with Crippen LogP contribution in [0.15, 0.2) is 29.3 Å². The Hall–Kier alpha value is -0.980. The zero-order chi connectivity index (χ0) is 9.68. The van der Waals surface area contributed by atoms with Gasteiger partial charge in [0, 0.05) is 0 Å². The number of thiocarbonyl (C=S) groups is 1. The fraction of sp³-hybridized carbons (Fsp3) is 0.364. The number of hydrogen-bond acceptors (Lipinski definition) is 2. The number of hydrogen-bond donors (Lipinski definition) is 0. The van der Waals surface area contributed by atoms with E-state index in [4.69, 9.17) is 0 Å². The molecule has 0 saturated carbocycles. The molecule has 0 saturated heterocycles. The Morgan fingerprint density at radius 3 is 2.77 bits per heavy atom. The Morgan fingerprint density at radius 1 is 1.46 bits per heavy atom. The van der Waals surface area contributed by atoms with Crippen molar-refractivity contribution in [3.05, 3.63) is 29.8 Å². The fourth-order valence-corrected chi connectivity index (χ4v) is 1.37. The van der Waals surface area contributed by atoms with Gasteiger partial charge in [0.15, 0.2) is 0 Å². The molecule has 0 aliphatic rings. The predicted octanol–water partition coefficient (Wildman–Crippen LogP) is 3.93. The lowest BCUT2D eigenvalue weighted by Crippen LogP contribution is -1.90. The van der Waals surface area contributed by atoms with Gasteiger partial charge in [-0.25, -0.2) is 0 Å². The third-order valence-corrected chi connectivity index (χ3v) is 2.34. The highest BCUT2D eigenvalue weighted by Gasteiger charge is 2.06. The lowest BCUT2D eigenvalue weighted by atomic mass is 9.97. The molecule has 0 aliphatic carbocycles. The molecular formula is C11H13NS. The number of benzene rings is 1. The quantitative estimate of drug-likeness (QED) is 0.521. The molecule has 0 radical (unpaired) electrons. The topological polar surface area (TPSA) is 12.4 Å². The molecule has 0 bridgehead atoms. The molecule has 68 valence electrons. The van der Waals surface area contributed by atoms with E-state index in [0.717, 1.165) is 12.1 Å². The SMILES string of the molecule is CC[C@H](C)c1ccccc1N=C=S. The molecule has 1 aromatic carbocycles. The van der Waals surface area contributed by atoms with E-state index in [-0.39, 0.29) is 0 Å². The summed E-state index contributed by atoms with van der Waals surface area (Å²) in [4.78, 5) is 4.04. The van der Waals surface area contributed by atoms with Crippen LogP contribution in [-0.2, 0) is 0 Å². The minimum absolute atomic E-state index is 0.531. The molecule has 2 heteroatoms. The van der Waals surface area contributed by atoms with Crippen LogP contribution in [0.3, 0.4) is 0 Å². The largest absolute Gasteiger partial charge is 0.194 e. The third kappa shape index (κ3) is 2.48. The molecule has 0 amide bonds. The second-order valence-corrected chi connectivity index (χ2v) is 3.25. The van der Waals surface area contributed by atoms with E-state index >= 15 is 0 Å². The van der Waals surface area contributed by atoms with Crippen molar-refractivity contribution in [3.8, 4) is 0 Å². The third-order valence-electron chi connectivity index (χ3n) is 2.25. The van der Waals surface area contributed by atoms with E-state index in [1.807, 2.05) is 18.2 Å². The molecule has 0 aliphatic heterocycles. The van der Waals surface area contributed by atoms with Gasteiger partial charge in [-0.1, -0.05) is 32.0 Å². The highest BCUT2D eigenvalue weighted by molar-refractivity contribution is 7.78. The van der Waals surface area contributed by atoms with Crippen molar-refractivity contribution >= 4 is 23.1 Å². The average molecular weight is 191 g/mol. The van der Waals surface area contributed by atoms with Crippen molar-refractivity contribution in [2.75, 3.05) is 0 Å². The number of rotatable bonds is 3. The van der Waals surface area contributed by atoms with Crippen LogP contribution in [0.25, 0.3) is 0 Å². The highest BCUT2D eigenvalue weighted by atomic mass is 32.1. The van der Waals surface area contributed by atoms with E-state index < -0.39 is 0 Å². The predicted molar refractivity (Wildman–Crippen MR) is 59.8 cm³/mol. The van der Waals surface area contributed by atoms with Gasteiger partial charge in [-0.3, -0.25) is 0 Å². The van der Waals surface area contributed by atoms with Crippen molar-refractivity contribution in [2.24, 2.45) is 4.99 Å². The molecule has 1 rings (SSSR count). The molecule has 0 aromatic heterocycles. The minimum atomic E-state index is 0.531. The van der Waals surface area contributed by atoms with Gasteiger partial charge in [0.1, 0.15) is 0 Å². The second-order valence-electron chi connectivity index (χ2n) is 3.07. The first-order chi connectivity index (χ1) is 6.29. The second kappa shape index (κ2) is 4.90. The molecule has 0 heterocycles. The Bertz CT molecular complexity index is 327. The normalized spacial score (nSPS) is 11.8. The summed E-state index contributed by atoms with van der Waals surface area (Å²) in [5, 5.41) is 2.41. The highest BCUT2D eigenvalue weighted by Crippen LogP contribution is 2.27. The van der Waals surface area contributed by atoms with E-state index in [1.165, 1.54) is 5.56 Å². The Labute approximate surface area is 84.5 Å². The molecule has 0 fully saturated rings.